The minimum absolute atomic E-state index is 0.0501. The molecule has 0 saturated carbocycles. The fourth-order valence-electron chi connectivity index (χ4n) is 1.94. The number of nitrogens with zero attached hydrogens (tertiary/aromatic N) is 1. The van der Waals surface area contributed by atoms with E-state index in [4.69, 9.17) is 0 Å². The normalized spacial score (nSPS) is 16.0. The molecule has 1 aliphatic rings. The average Bonchev–Trinajstić information content (AvgIpc) is 2.55. The lowest BCUT2D eigenvalue weighted by molar-refractivity contribution is -0.139. The van der Waals surface area contributed by atoms with E-state index in [2.05, 4.69) is 0 Å². The Morgan fingerprint density at radius 3 is 2.38 bits per heavy atom. The van der Waals surface area contributed by atoms with Crippen LogP contribution in [0, 0.1) is 13.8 Å². The zero-order valence-corrected chi connectivity index (χ0v) is 9.62. The Morgan fingerprint density at radius 2 is 1.75 bits per heavy atom. The van der Waals surface area contributed by atoms with E-state index in [-0.39, 0.29) is 11.8 Å². The lowest BCUT2D eigenvalue weighted by Gasteiger charge is -2.15. The van der Waals surface area contributed by atoms with E-state index in [0.717, 1.165) is 16.7 Å². The van der Waals surface area contributed by atoms with E-state index < -0.39 is 0 Å². The van der Waals surface area contributed by atoms with Crippen LogP contribution in [0.2, 0.25) is 0 Å². The van der Waals surface area contributed by atoms with E-state index >= 15 is 0 Å². The van der Waals surface area contributed by atoms with Crippen molar-refractivity contribution < 1.29 is 9.59 Å². The average molecular weight is 217 g/mol. The van der Waals surface area contributed by atoms with Gasteiger partial charge in [0.05, 0.1) is 6.54 Å². The zero-order chi connectivity index (χ0) is 11.7. The smallest absolute Gasteiger partial charge is 0.229 e. The number of likely N-dealkylation sites (tertiary alicyclic amines) is 1. The fourth-order valence-corrected chi connectivity index (χ4v) is 1.94. The van der Waals surface area contributed by atoms with Crippen molar-refractivity contribution >= 4 is 11.8 Å². The first-order valence-corrected chi connectivity index (χ1v) is 5.47. The SMILES string of the molecule is Cc1ccc(C)c(CN2C(=O)CCC2=O)c1. The predicted octanol–water partition coefficient (Wildman–Crippen LogP) is 1.95. The highest BCUT2D eigenvalue weighted by atomic mass is 16.2. The predicted molar refractivity (Wildman–Crippen MR) is 60.7 cm³/mol. The molecule has 1 aromatic rings. The third kappa shape index (κ3) is 1.98. The molecule has 1 heterocycles. The van der Waals surface area contributed by atoms with Gasteiger partial charge in [0.1, 0.15) is 0 Å². The second kappa shape index (κ2) is 4.08. The Kier molecular flexibility index (Phi) is 2.77. The molecular weight excluding hydrogens is 202 g/mol. The van der Waals surface area contributed by atoms with E-state index in [0.29, 0.717) is 19.4 Å². The standard InChI is InChI=1S/C13H15NO2/c1-9-3-4-10(2)11(7-9)8-14-12(15)5-6-13(14)16/h3-4,7H,5-6,8H2,1-2H3. The summed E-state index contributed by atoms with van der Waals surface area (Å²) in [7, 11) is 0. The molecule has 2 rings (SSSR count). The number of hydrogen-bond donors (Lipinski definition) is 0. The summed E-state index contributed by atoms with van der Waals surface area (Å²) >= 11 is 0. The number of aryl methyl sites for hydroxylation is 2. The van der Waals surface area contributed by atoms with Crippen LogP contribution < -0.4 is 0 Å². The number of hydrogen-bond acceptors (Lipinski definition) is 2. The number of amides is 2. The van der Waals surface area contributed by atoms with Gasteiger partial charge in [-0.3, -0.25) is 14.5 Å². The van der Waals surface area contributed by atoms with Gasteiger partial charge in [0.2, 0.25) is 11.8 Å². The Hall–Kier alpha value is -1.64. The van der Waals surface area contributed by atoms with Crippen molar-refractivity contribution in [2.75, 3.05) is 0 Å². The van der Waals surface area contributed by atoms with Gasteiger partial charge in [-0.1, -0.05) is 23.8 Å². The second-order valence-corrected chi connectivity index (χ2v) is 4.30. The van der Waals surface area contributed by atoms with Crippen LogP contribution in [-0.4, -0.2) is 16.7 Å². The zero-order valence-electron chi connectivity index (χ0n) is 9.62. The van der Waals surface area contributed by atoms with Gasteiger partial charge in [-0.2, -0.15) is 0 Å². The number of carbonyl (C=O) groups is 2. The highest BCUT2D eigenvalue weighted by Crippen LogP contribution is 2.18. The maximum atomic E-state index is 11.5. The molecule has 2 amide bonds. The van der Waals surface area contributed by atoms with Crippen LogP contribution in [0.5, 0.6) is 0 Å². The summed E-state index contributed by atoms with van der Waals surface area (Å²) in [6, 6.07) is 6.09. The van der Waals surface area contributed by atoms with Crippen molar-refractivity contribution in [2.45, 2.75) is 33.2 Å². The van der Waals surface area contributed by atoms with Crippen molar-refractivity contribution in [3.8, 4) is 0 Å². The number of rotatable bonds is 2. The van der Waals surface area contributed by atoms with Gasteiger partial charge in [-0.05, 0) is 25.0 Å². The van der Waals surface area contributed by atoms with Gasteiger partial charge in [0, 0.05) is 12.8 Å². The maximum Gasteiger partial charge on any atom is 0.229 e. The van der Waals surface area contributed by atoms with Crippen molar-refractivity contribution in [3.63, 3.8) is 0 Å². The molecule has 0 aliphatic carbocycles. The third-order valence-electron chi connectivity index (χ3n) is 2.99. The molecule has 16 heavy (non-hydrogen) atoms. The van der Waals surface area contributed by atoms with Gasteiger partial charge in [-0.25, -0.2) is 0 Å². The number of benzene rings is 1. The van der Waals surface area contributed by atoms with Gasteiger partial charge in [0.15, 0.2) is 0 Å². The highest BCUT2D eigenvalue weighted by Gasteiger charge is 2.28. The summed E-state index contributed by atoms with van der Waals surface area (Å²) in [6.45, 7) is 4.43. The van der Waals surface area contributed by atoms with E-state index in [1.807, 2.05) is 32.0 Å². The first-order valence-electron chi connectivity index (χ1n) is 5.47. The van der Waals surface area contributed by atoms with Crippen molar-refractivity contribution in [2.24, 2.45) is 0 Å². The highest BCUT2D eigenvalue weighted by molar-refractivity contribution is 6.01. The molecular formula is C13H15NO2. The summed E-state index contributed by atoms with van der Waals surface area (Å²) < 4.78 is 0. The molecule has 0 bridgehead atoms. The number of imide groups is 1. The molecule has 0 radical (unpaired) electrons. The van der Waals surface area contributed by atoms with Crippen LogP contribution in [0.4, 0.5) is 0 Å². The van der Waals surface area contributed by atoms with Crippen molar-refractivity contribution in [1.82, 2.24) is 4.90 Å². The summed E-state index contributed by atoms with van der Waals surface area (Å²) in [4.78, 5) is 24.3. The lowest BCUT2D eigenvalue weighted by Crippen LogP contribution is -2.28. The minimum atomic E-state index is -0.0501. The Balaban J connectivity index is 2.23. The van der Waals surface area contributed by atoms with Crippen molar-refractivity contribution in [3.05, 3.63) is 34.9 Å². The Bertz CT molecular complexity index is 435. The molecule has 0 aromatic heterocycles. The largest absolute Gasteiger partial charge is 0.278 e. The van der Waals surface area contributed by atoms with Crippen molar-refractivity contribution in [1.29, 1.82) is 0 Å². The van der Waals surface area contributed by atoms with Gasteiger partial charge >= 0.3 is 0 Å². The summed E-state index contributed by atoms with van der Waals surface area (Å²) in [5.41, 5.74) is 3.33. The molecule has 3 nitrogen and oxygen atoms in total. The third-order valence-corrected chi connectivity index (χ3v) is 2.99. The van der Waals surface area contributed by atoms with Gasteiger partial charge < -0.3 is 0 Å². The van der Waals surface area contributed by atoms with Crippen LogP contribution in [0.15, 0.2) is 18.2 Å². The first kappa shape index (κ1) is 10.9. The van der Waals surface area contributed by atoms with E-state index in [1.165, 1.54) is 4.90 Å². The van der Waals surface area contributed by atoms with Gasteiger partial charge in [-0.15, -0.1) is 0 Å². The van der Waals surface area contributed by atoms with Gasteiger partial charge in [0.25, 0.3) is 0 Å². The lowest BCUT2D eigenvalue weighted by atomic mass is 10.1. The molecule has 0 spiro atoms. The van der Waals surface area contributed by atoms with E-state index in [1.54, 1.807) is 0 Å². The van der Waals surface area contributed by atoms with Crippen LogP contribution >= 0.6 is 0 Å². The maximum absolute atomic E-state index is 11.5. The van der Waals surface area contributed by atoms with Crippen LogP contribution in [0.1, 0.15) is 29.5 Å². The second-order valence-electron chi connectivity index (χ2n) is 4.30. The molecule has 1 aromatic carbocycles. The quantitative estimate of drug-likeness (QED) is 0.710. The monoisotopic (exact) mass is 217 g/mol. The minimum Gasteiger partial charge on any atom is -0.278 e. The Morgan fingerprint density at radius 1 is 1.12 bits per heavy atom. The summed E-state index contributed by atoms with van der Waals surface area (Å²) in [6.07, 6.45) is 0.730. The molecule has 0 atom stereocenters. The first-order chi connectivity index (χ1) is 7.58. The summed E-state index contributed by atoms with van der Waals surface area (Å²) in [5.74, 6) is -0.100. The molecule has 84 valence electrons. The van der Waals surface area contributed by atoms with Crippen LogP contribution in [0.3, 0.4) is 0 Å². The molecule has 1 fully saturated rings. The topological polar surface area (TPSA) is 37.4 Å². The molecule has 3 heteroatoms. The molecule has 1 saturated heterocycles. The number of carbonyl (C=O) groups excluding carboxylic acids is 2. The summed E-state index contributed by atoms with van der Waals surface area (Å²) in [5, 5.41) is 0. The Labute approximate surface area is 95.1 Å². The molecule has 0 N–H and O–H groups in total. The fraction of sp³-hybridized carbons (Fsp3) is 0.385. The van der Waals surface area contributed by atoms with Crippen LogP contribution in [-0.2, 0) is 16.1 Å². The molecule has 0 unspecified atom stereocenters. The van der Waals surface area contributed by atoms with E-state index in [9.17, 15) is 9.59 Å². The van der Waals surface area contributed by atoms with Crippen LogP contribution in [0.25, 0.3) is 0 Å². The molecule has 1 aliphatic heterocycles.